The Morgan fingerprint density at radius 1 is 1.62 bits per heavy atom. The van der Waals surface area contributed by atoms with E-state index in [2.05, 4.69) is 15.7 Å². The maximum absolute atomic E-state index is 5.31. The zero-order valence-corrected chi connectivity index (χ0v) is 8.36. The number of rotatable bonds is 2. The minimum atomic E-state index is 0.369. The minimum absolute atomic E-state index is 0.369. The average Bonchev–Trinajstić information content (AvgIpc) is 2.42. The molecule has 0 spiro atoms. The van der Waals surface area contributed by atoms with Crippen molar-refractivity contribution >= 4 is 17.3 Å². The van der Waals surface area contributed by atoms with E-state index in [4.69, 9.17) is 22.5 Å². The Labute approximate surface area is 81.7 Å². The first kappa shape index (κ1) is 9.94. The molecule has 1 aromatic heterocycles. The number of aryl methyl sites for hydroxylation is 2. The molecule has 0 saturated carbocycles. The average molecular weight is 200 g/mol. The number of nitrogens with two attached hydrogens (primary N) is 1. The Kier molecular flexibility index (Phi) is 3.21. The summed E-state index contributed by atoms with van der Waals surface area (Å²) >= 11 is 4.78. The molecule has 0 bridgehead atoms. The molecule has 0 atom stereocenters. The summed E-state index contributed by atoms with van der Waals surface area (Å²) in [4.78, 5) is 4.16. The van der Waals surface area contributed by atoms with E-state index < -0.39 is 0 Å². The highest BCUT2D eigenvalue weighted by Crippen LogP contribution is 2.07. The predicted octanol–water partition coefficient (Wildman–Crippen LogP) is 0.129. The zero-order valence-electron chi connectivity index (χ0n) is 7.55. The van der Waals surface area contributed by atoms with Crippen molar-refractivity contribution in [2.24, 2.45) is 5.84 Å². The molecule has 0 amide bonds. The van der Waals surface area contributed by atoms with Crippen LogP contribution < -0.4 is 16.6 Å². The molecule has 0 fully saturated rings. The first-order valence-electron chi connectivity index (χ1n) is 3.81. The van der Waals surface area contributed by atoms with Gasteiger partial charge in [0.05, 0.1) is 12.2 Å². The van der Waals surface area contributed by atoms with Crippen molar-refractivity contribution in [1.82, 2.24) is 15.7 Å². The van der Waals surface area contributed by atoms with Gasteiger partial charge in [0.25, 0.3) is 0 Å². The highest BCUT2D eigenvalue weighted by molar-refractivity contribution is 7.80. The molecule has 0 aliphatic rings. The van der Waals surface area contributed by atoms with Crippen molar-refractivity contribution in [3.05, 3.63) is 17.3 Å². The van der Waals surface area contributed by atoms with Gasteiger partial charge in [-0.3, -0.25) is 0 Å². The summed E-state index contributed by atoms with van der Waals surface area (Å²) in [6.07, 6.45) is 0. The summed E-state index contributed by atoms with van der Waals surface area (Å²) in [6.45, 7) is 4.20. The molecule has 0 aromatic carbocycles. The second kappa shape index (κ2) is 4.20. The van der Waals surface area contributed by atoms with Crippen LogP contribution in [0, 0.1) is 13.8 Å². The summed E-state index contributed by atoms with van der Waals surface area (Å²) in [5.41, 5.74) is 3.20. The Balaban J connectivity index is 2.50. The van der Waals surface area contributed by atoms with Gasteiger partial charge in [-0.05, 0) is 26.1 Å². The molecule has 4 N–H and O–H groups in total. The molecular formula is C7H12N4OS. The molecule has 5 nitrogen and oxygen atoms in total. The van der Waals surface area contributed by atoms with Crippen LogP contribution in [0.1, 0.15) is 17.3 Å². The van der Waals surface area contributed by atoms with Crippen LogP contribution >= 0.6 is 12.2 Å². The lowest BCUT2D eigenvalue weighted by Gasteiger charge is -2.02. The molecule has 0 aliphatic carbocycles. The van der Waals surface area contributed by atoms with Gasteiger partial charge in [0.2, 0.25) is 5.89 Å². The van der Waals surface area contributed by atoms with E-state index in [0.29, 0.717) is 17.5 Å². The number of nitrogens with zero attached hydrogens (tertiary/aromatic N) is 1. The third-order valence-corrected chi connectivity index (χ3v) is 1.87. The van der Waals surface area contributed by atoms with E-state index in [9.17, 15) is 0 Å². The summed E-state index contributed by atoms with van der Waals surface area (Å²) < 4.78 is 5.31. The number of hydrogen-bond acceptors (Lipinski definition) is 4. The smallest absolute Gasteiger partial charge is 0.214 e. The highest BCUT2D eigenvalue weighted by Gasteiger charge is 2.04. The van der Waals surface area contributed by atoms with Crippen LogP contribution in [0.15, 0.2) is 4.42 Å². The molecule has 0 aliphatic heterocycles. The SMILES string of the molecule is Cc1nc(CNC(=S)NN)oc1C. The fraction of sp³-hybridized carbons (Fsp3) is 0.429. The van der Waals surface area contributed by atoms with Gasteiger partial charge in [-0.1, -0.05) is 0 Å². The van der Waals surface area contributed by atoms with Gasteiger partial charge in [-0.15, -0.1) is 0 Å². The number of nitrogens with one attached hydrogen (secondary N) is 2. The van der Waals surface area contributed by atoms with Gasteiger partial charge in [0, 0.05) is 0 Å². The first-order chi connectivity index (χ1) is 6.13. The fourth-order valence-electron chi connectivity index (χ4n) is 0.822. The largest absolute Gasteiger partial charge is 0.444 e. The zero-order chi connectivity index (χ0) is 9.84. The highest BCUT2D eigenvalue weighted by atomic mass is 32.1. The van der Waals surface area contributed by atoms with Gasteiger partial charge in [-0.2, -0.15) is 0 Å². The molecule has 0 unspecified atom stereocenters. The lowest BCUT2D eigenvalue weighted by molar-refractivity contribution is 0.464. The number of aromatic nitrogens is 1. The second-order valence-corrected chi connectivity index (χ2v) is 2.98. The first-order valence-corrected chi connectivity index (χ1v) is 4.21. The Hall–Kier alpha value is -1.14. The molecule has 0 saturated heterocycles. The van der Waals surface area contributed by atoms with Gasteiger partial charge in [0.15, 0.2) is 5.11 Å². The lowest BCUT2D eigenvalue weighted by Crippen LogP contribution is -2.39. The third-order valence-electron chi connectivity index (χ3n) is 1.60. The van der Waals surface area contributed by atoms with E-state index in [-0.39, 0.29) is 0 Å². The van der Waals surface area contributed by atoms with E-state index in [1.165, 1.54) is 0 Å². The normalized spacial score (nSPS) is 9.77. The Bertz CT molecular complexity index is 290. The van der Waals surface area contributed by atoms with Crippen LogP contribution in [-0.4, -0.2) is 10.1 Å². The molecule has 1 rings (SSSR count). The molecule has 0 radical (unpaired) electrons. The maximum Gasteiger partial charge on any atom is 0.214 e. The van der Waals surface area contributed by atoms with Crippen molar-refractivity contribution in [1.29, 1.82) is 0 Å². The van der Waals surface area contributed by atoms with Gasteiger partial charge in [-0.25, -0.2) is 10.8 Å². The maximum atomic E-state index is 5.31. The summed E-state index contributed by atoms with van der Waals surface area (Å²) in [6, 6.07) is 0. The standard InChI is InChI=1S/C7H12N4OS/c1-4-5(2)12-6(10-4)3-9-7(13)11-8/h3,8H2,1-2H3,(H2,9,11,13). The molecule has 1 aromatic rings. The quantitative estimate of drug-likeness (QED) is 0.358. The van der Waals surface area contributed by atoms with Crippen LogP contribution in [0.2, 0.25) is 0 Å². The van der Waals surface area contributed by atoms with Crippen molar-refractivity contribution in [3.8, 4) is 0 Å². The molecule has 13 heavy (non-hydrogen) atoms. The van der Waals surface area contributed by atoms with Crippen molar-refractivity contribution < 1.29 is 4.42 Å². The van der Waals surface area contributed by atoms with Crippen LogP contribution in [0.5, 0.6) is 0 Å². The lowest BCUT2D eigenvalue weighted by atomic mass is 10.4. The number of hydrogen-bond donors (Lipinski definition) is 3. The molecule has 6 heteroatoms. The Morgan fingerprint density at radius 3 is 2.77 bits per heavy atom. The monoisotopic (exact) mass is 200 g/mol. The number of oxazole rings is 1. The summed E-state index contributed by atoms with van der Waals surface area (Å²) in [5.74, 6) is 6.49. The van der Waals surface area contributed by atoms with E-state index >= 15 is 0 Å². The van der Waals surface area contributed by atoms with Crippen molar-refractivity contribution in [2.75, 3.05) is 0 Å². The molecular weight excluding hydrogens is 188 g/mol. The molecule has 72 valence electrons. The van der Waals surface area contributed by atoms with Gasteiger partial charge >= 0.3 is 0 Å². The topological polar surface area (TPSA) is 76.1 Å². The van der Waals surface area contributed by atoms with Crippen molar-refractivity contribution in [2.45, 2.75) is 20.4 Å². The molecule has 1 heterocycles. The van der Waals surface area contributed by atoms with E-state index in [0.717, 1.165) is 11.5 Å². The number of hydrazine groups is 1. The predicted molar refractivity (Wildman–Crippen MR) is 52.7 cm³/mol. The van der Waals surface area contributed by atoms with Crippen LogP contribution in [0.4, 0.5) is 0 Å². The second-order valence-electron chi connectivity index (χ2n) is 2.58. The fourth-order valence-corrected chi connectivity index (χ4v) is 0.894. The number of thiocarbonyl (C=S) groups is 1. The summed E-state index contributed by atoms with van der Waals surface area (Å²) in [5, 5.41) is 3.20. The van der Waals surface area contributed by atoms with Crippen LogP contribution in [0.25, 0.3) is 0 Å². The van der Waals surface area contributed by atoms with E-state index in [1.54, 1.807) is 0 Å². The Morgan fingerprint density at radius 2 is 2.31 bits per heavy atom. The van der Waals surface area contributed by atoms with Gasteiger partial charge in [0.1, 0.15) is 5.76 Å². The van der Waals surface area contributed by atoms with Crippen molar-refractivity contribution in [3.63, 3.8) is 0 Å². The summed E-state index contributed by atoms with van der Waals surface area (Å²) in [7, 11) is 0. The van der Waals surface area contributed by atoms with Crippen LogP contribution in [0.3, 0.4) is 0 Å². The minimum Gasteiger partial charge on any atom is -0.444 e. The van der Waals surface area contributed by atoms with Crippen LogP contribution in [-0.2, 0) is 6.54 Å². The van der Waals surface area contributed by atoms with E-state index in [1.807, 2.05) is 13.8 Å². The van der Waals surface area contributed by atoms with Gasteiger partial charge < -0.3 is 15.2 Å². The third kappa shape index (κ3) is 2.67.